The molecule has 3 aromatic rings. The van der Waals surface area contributed by atoms with Crippen LogP contribution in [0.5, 0.6) is 0 Å². The number of hydrogen-bond acceptors (Lipinski definition) is 5. The number of aromatic nitrogens is 2. The van der Waals surface area contributed by atoms with Crippen molar-refractivity contribution >= 4 is 17.2 Å². The fourth-order valence-electron chi connectivity index (χ4n) is 3.05. The minimum absolute atomic E-state index is 0.0593. The van der Waals surface area contributed by atoms with Crippen LogP contribution < -0.4 is 0 Å². The molecule has 4 heterocycles. The summed E-state index contributed by atoms with van der Waals surface area (Å²) in [6.45, 7) is 0.731. The van der Waals surface area contributed by atoms with E-state index in [-0.39, 0.29) is 11.9 Å². The summed E-state index contributed by atoms with van der Waals surface area (Å²) in [5.74, 6) is 0.482. The molecule has 3 aromatic heterocycles. The van der Waals surface area contributed by atoms with E-state index < -0.39 is 0 Å². The van der Waals surface area contributed by atoms with Crippen LogP contribution in [-0.2, 0) is 0 Å². The number of rotatable bonds is 3. The number of oxazole rings is 1. The van der Waals surface area contributed by atoms with Crippen LogP contribution in [-0.4, -0.2) is 27.3 Å². The molecule has 0 aliphatic carbocycles. The molecule has 0 N–H and O–H groups in total. The molecule has 0 unspecified atom stereocenters. The molecule has 5 nitrogen and oxygen atoms in total. The van der Waals surface area contributed by atoms with Gasteiger partial charge in [-0.25, -0.2) is 4.98 Å². The summed E-state index contributed by atoms with van der Waals surface area (Å²) in [5.41, 5.74) is 1.46. The summed E-state index contributed by atoms with van der Waals surface area (Å²) in [5, 5.41) is 1.96. The maximum Gasteiger partial charge on any atom is 0.277 e. The third-order valence-corrected chi connectivity index (χ3v) is 4.97. The monoisotopic (exact) mass is 325 g/mol. The number of likely N-dealkylation sites (tertiary alicyclic amines) is 1. The predicted molar refractivity (Wildman–Crippen MR) is 87.1 cm³/mol. The highest BCUT2D eigenvalue weighted by molar-refractivity contribution is 7.13. The topological polar surface area (TPSA) is 59.2 Å². The fraction of sp³-hybridized carbons (Fsp3) is 0.235. The van der Waals surface area contributed by atoms with Gasteiger partial charge in [0.05, 0.1) is 10.9 Å². The highest BCUT2D eigenvalue weighted by Crippen LogP contribution is 2.35. The van der Waals surface area contributed by atoms with Crippen LogP contribution in [0.3, 0.4) is 0 Å². The molecule has 0 radical (unpaired) electrons. The van der Waals surface area contributed by atoms with Crippen molar-refractivity contribution in [3.8, 4) is 10.6 Å². The lowest BCUT2D eigenvalue weighted by Crippen LogP contribution is -2.31. The highest BCUT2D eigenvalue weighted by atomic mass is 32.1. The number of pyridine rings is 1. The van der Waals surface area contributed by atoms with Gasteiger partial charge < -0.3 is 9.32 Å². The Hall–Kier alpha value is -2.47. The lowest BCUT2D eigenvalue weighted by atomic mass is 10.1. The van der Waals surface area contributed by atoms with Crippen molar-refractivity contribution in [2.75, 3.05) is 6.54 Å². The van der Waals surface area contributed by atoms with E-state index in [9.17, 15) is 4.79 Å². The molecule has 0 saturated carbocycles. The largest absolute Gasteiger partial charge is 0.442 e. The summed E-state index contributed by atoms with van der Waals surface area (Å²) < 4.78 is 5.47. The quantitative estimate of drug-likeness (QED) is 0.735. The molecule has 0 bridgehead atoms. The second kappa shape index (κ2) is 5.96. The molecule has 6 heteroatoms. The first-order chi connectivity index (χ1) is 11.3. The van der Waals surface area contributed by atoms with E-state index in [1.54, 1.807) is 6.20 Å². The van der Waals surface area contributed by atoms with E-state index >= 15 is 0 Å². The Morgan fingerprint density at radius 1 is 1.35 bits per heavy atom. The van der Waals surface area contributed by atoms with E-state index in [1.165, 1.54) is 17.7 Å². The smallest absolute Gasteiger partial charge is 0.277 e. The maximum atomic E-state index is 13.0. The molecule has 1 fully saturated rings. The standard InChI is InChI=1S/C17H15N3O2S/c21-17(15-16(22-11-19-15)14-6-3-9-23-14)20-8-2-5-13(20)12-4-1-7-18-10-12/h1,3-4,6-7,9-11,13H,2,5,8H2/t13-/m0/s1. The Kier molecular flexibility index (Phi) is 3.67. The van der Waals surface area contributed by atoms with E-state index in [0.717, 1.165) is 29.8 Å². The number of carbonyl (C=O) groups is 1. The van der Waals surface area contributed by atoms with E-state index in [0.29, 0.717) is 11.5 Å². The minimum Gasteiger partial charge on any atom is -0.442 e. The van der Waals surface area contributed by atoms with Gasteiger partial charge in [0.2, 0.25) is 0 Å². The zero-order valence-corrected chi connectivity index (χ0v) is 13.2. The van der Waals surface area contributed by atoms with Gasteiger partial charge in [-0.15, -0.1) is 11.3 Å². The molecule has 1 amide bonds. The molecule has 116 valence electrons. The Morgan fingerprint density at radius 3 is 3.09 bits per heavy atom. The van der Waals surface area contributed by atoms with Crippen LogP contribution in [0.2, 0.25) is 0 Å². The van der Waals surface area contributed by atoms with Crippen LogP contribution in [0.15, 0.2) is 52.9 Å². The third-order valence-electron chi connectivity index (χ3n) is 4.10. The number of amides is 1. The normalized spacial score (nSPS) is 17.6. The molecule has 4 rings (SSSR count). The Balaban J connectivity index is 1.66. The van der Waals surface area contributed by atoms with Crippen LogP contribution in [0.4, 0.5) is 0 Å². The van der Waals surface area contributed by atoms with Gasteiger partial charge in [0.15, 0.2) is 17.8 Å². The summed E-state index contributed by atoms with van der Waals surface area (Å²) >= 11 is 1.54. The highest BCUT2D eigenvalue weighted by Gasteiger charge is 2.33. The molecule has 1 aliphatic heterocycles. The number of hydrogen-bond donors (Lipinski definition) is 0. The summed E-state index contributed by atoms with van der Waals surface area (Å²) in [6.07, 6.45) is 6.86. The molecule has 1 saturated heterocycles. The minimum atomic E-state index is -0.0755. The second-order valence-corrected chi connectivity index (χ2v) is 6.40. The van der Waals surface area contributed by atoms with Crippen molar-refractivity contribution in [2.24, 2.45) is 0 Å². The average molecular weight is 325 g/mol. The van der Waals surface area contributed by atoms with Crippen LogP contribution in [0.1, 0.15) is 34.9 Å². The van der Waals surface area contributed by atoms with E-state index in [2.05, 4.69) is 9.97 Å². The predicted octanol–water partition coefficient (Wildman–Crippen LogP) is 3.78. The van der Waals surface area contributed by atoms with Gasteiger partial charge in [0.25, 0.3) is 5.91 Å². The summed E-state index contributed by atoms with van der Waals surface area (Å²) in [4.78, 5) is 24.1. The van der Waals surface area contributed by atoms with Crippen molar-refractivity contribution in [1.82, 2.24) is 14.9 Å². The molecule has 1 aliphatic rings. The van der Waals surface area contributed by atoms with Crippen molar-refractivity contribution in [1.29, 1.82) is 0 Å². The molecule has 0 spiro atoms. The first kappa shape index (κ1) is 14.1. The Labute approximate surface area is 137 Å². The van der Waals surface area contributed by atoms with E-state index in [1.807, 2.05) is 40.7 Å². The van der Waals surface area contributed by atoms with Crippen LogP contribution >= 0.6 is 11.3 Å². The van der Waals surface area contributed by atoms with Gasteiger partial charge in [0.1, 0.15) is 0 Å². The lowest BCUT2D eigenvalue weighted by Gasteiger charge is -2.24. The van der Waals surface area contributed by atoms with Gasteiger partial charge >= 0.3 is 0 Å². The van der Waals surface area contributed by atoms with Crippen LogP contribution in [0, 0.1) is 0 Å². The SMILES string of the molecule is O=C(c1ncoc1-c1cccs1)N1CCC[C@H]1c1cccnc1. The van der Waals surface area contributed by atoms with Crippen molar-refractivity contribution < 1.29 is 9.21 Å². The zero-order chi connectivity index (χ0) is 15.6. The maximum absolute atomic E-state index is 13.0. The van der Waals surface area contributed by atoms with Gasteiger partial charge in [-0.2, -0.15) is 0 Å². The number of nitrogens with zero attached hydrogens (tertiary/aromatic N) is 3. The third kappa shape index (κ3) is 2.55. The molecular formula is C17H15N3O2S. The number of thiophene rings is 1. The molecular weight excluding hydrogens is 310 g/mol. The summed E-state index contributed by atoms with van der Waals surface area (Å²) in [7, 11) is 0. The van der Waals surface area contributed by atoms with Gasteiger partial charge in [-0.05, 0) is 35.9 Å². The van der Waals surface area contributed by atoms with Crippen molar-refractivity contribution in [3.63, 3.8) is 0 Å². The Morgan fingerprint density at radius 2 is 2.30 bits per heavy atom. The van der Waals surface area contributed by atoms with E-state index in [4.69, 9.17) is 4.42 Å². The van der Waals surface area contributed by atoms with Crippen molar-refractivity contribution in [2.45, 2.75) is 18.9 Å². The second-order valence-electron chi connectivity index (χ2n) is 5.45. The average Bonchev–Trinajstić information content (AvgIpc) is 3.34. The number of carbonyl (C=O) groups excluding carboxylic acids is 1. The lowest BCUT2D eigenvalue weighted by molar-refractivity contribution is 0.0730. The van der Waals surface area contributed by atoms with Crippen LogP contribution in [0.25, 0.3) is 10.6 Å². The Bertz CT molecular complexity index is 798. The van der Waals surface area contributed by atoms with Gasteiger partial charge in [-0.3, -0.25) is 9.78 Å². The summed E-state index contributed by atoms with van der Waals surface area (Å²) in [6, 6.07) is 7.86. The van der Waals surface area contributed by atoms with Gasteiger partial charge in [-0.1, -0.05) is 12.1 Å². The zero-order valence-electron chi connectivity index (χ0n) is 12.4. The van der Waals surface area contributed by atoms with Crippen molar-refractivity contribution in [3.05, 3.63) is 59.7 Å². The fourth-order valence-corrected chi connectivity index (χ4v) is 3.76. The molecule has 23 heavy (non-hydrogen) atoms. The first-order valence-electron chi connectivity index (χ1n) is 7.53. The van der Waals surface area contributed by atoms with Gasteiger partial charge in [0, 0.05) is 18.9 Å². The molecule has 0 aromatic carbocycles. The first-order valence-corrected chi connectivity index (χ1v) is 8.41. The molecule has 1 atom stereocenters.